The van der Waals surface area contributed by atoms with Crippen LogP contribution in [-0.2, 0) is 0 Å². The predicted molar refractivity (Wildman–Crippen MR) is 53.3 cm³/mol. The van der Waals surface area contributed by atoms with Crippen LogP contribution in [0.2, 0.25) is 5.02 Å². The Morgan fingerprint density at radius 3 is 2.86 bits per heavy atom. The molecule has 0 aliphatic carbocycles. The van der Waals surface area contributed by atoms with Gasteiger partial charge in [-0.2, -0.15) is 0 Å². The van der Waals surface area contributed by atoms with E-state index in [1.165, 1.54) is 12.1 Å². The van der Waals surface area contributed by atoms with E-state index in [0.29, 0.717) is 18.3 Å². The van der Waals surface area contributed by atoms with Crippen molar-refractivity contribution < 1.29 is 9.13 Å². The number of benzene rings is 1. The third-order valence-corrected chi connectivity index (χ3v) is 2.55. The summed E-state index contributed by atoms with van der Waals surface area (Å²) in [5.74, 6) is 0.656. The van der Waals surface area contributed by atoms with Crippen molar-refractivity contribution in [2.45, 2.75) is 0 Å². The molecule has 2 rings (SSSR count). The zero-order valence-electron chi connectivity index (χ0n) is 7.59. The zero-order chi connectivity index (χ0) is 9.97. The Morgan fingerprint density at radius 1 is 1.50 bits per heavy atom. The molecule has 1 saturated heterocycles. The van der Waals surface area contributed by atoms with Crippen LogP contribution in [0.3, 0.4) is 0 Å². The molecule has 2 nitrogen and oxygen atoms in total. The van der Waals surface area contributed by atoms with Crippen molar-refractivity contribution in [1.82, 2.24) is 5.32 Å². The second-order valence-electron chi connectivity index (χ2n) is 3.41. The van der Waals surface area contributed by atoms with Crippen LogP contribution >= 0.6 is 11.6 Å². The molecular weight excluding hydrogens is 205 g/mol. The molecular formula is C10H11ClFNO. The Morgan fingerprint density at radius 2 is 2.29 bits per heavy atom. The van der Waals surface area contributed by atoms with E-state index in [1.807, 2.05) is 0 Å². The Labute approximate surface area is 87.0 Å². The number of hydrogen-bond acceptors (Lipinski definition) is 2. The van der Waals surface area contributed by atoms with Crippen LogP contribution in [0.5, 0.6) is 5.75 Å². The topological polar surface area (TPSA) is 21.3 Å². The number of ether oxygens (including phenoxy) is 1. The van der Waals surface area contributed by atoms with Gasteiger partial charge < -0.3 is 10.1 Å². The minimum absolute atomic E-state index is 0.127. The van der Waals surface area contributed by atoms with Crippen molar-refractivity contribution in [3.05, 3.63) is 29.0 Å². The lowest BCUT2D eigenvalue weighted by molar-refractivity contribution is 0.198. The summed E-state index contributed by atoms with van der Waals surface area (Å²) in [6, 6.07) is 4.50. The van der Waals surface area contributed by atoms with Crippen LogP contribution < -0.4 is 10.1 Å². The maximum Gasteiger partial charge on any atom is 0.145 e. The van der Waals surface area contributed by atoms with E-state index >= 15 is 0 Å². The van der Waals surface area contributed by atoms with Gasteiger partial charge in [-0.15, -0.1) is 0 Å². The lowest BCUT2D eigenvalue weighted by Crippen LogP contribution is -2.45. The highest BCUT2D eigenvalue weighted by molar-refractivity contribution is 6.30. The Balaban J connectivity index is 1.91. The fourth-order valence-electron chi connectivity index (χ4n) is 1.25. The highest BCUT2D eigenvalue weighted by Crippen LogP contribution is 2.21. The monoisotopic (exact) mass is 215 g/mol. The molecule has 0 unspecified atom stereocenters. The van der Waals surface area contributed by atoms with Crippen LogP contribution in [0.4, 0.5) is 4.39 Å². The lowest BCUT2D eigenvalue weighted by Gasteiger charge is -2.26. The molecule has 14 heavy (non-hydrogen) atoms. The molecule has 0 aromatic heterocycles. The van der Waals surface area contributed by atoms with Gasteiger partial charge in [-0.05, 0) is 12.1 Å². The van der Waals surface area contributed by atoms with Crippen molar-refractivity contribution in [1.29, 1.82) is 0 Å². The summed E-state index contributed by atoms with van der Waals surface area (Å²) in [4.78, 5) is 0. The molecule has 1 aromatic rings. The summed E-state index contributed by atoms with van der Waals surface area (Å²) in [5, 5.41) is 3.27. The van der Waals surface area contributed by atoms with Gasteiger partial charge in [0.1, 0.15) is 11.6 Å². The third-order valence-electron chi connectivity index (χ3n) is 2.24. The van der Waals surface area contributed by atoms with Gasteiger partial charge in [0.25, 0.3) is 0 Å². The van der Waals surface area contributed by atoms with Crippen LogP contribution in [0, 0.1) is 11.7 Å². The standard InChI is InChI=1S/C10H11ClFNO/c11-9-2-1-8(3-10(9)12)14-6-7-4-13-5-7/h1-3,7,13H,4-6H2. The van der Waals surface area contributed by atoms with Gasteiger partial charge in [0.15, 0.2) is 0 Å². The predicted octanol–water partition coefficient (Wildman–Crippen LogP) is 2.08. The number of rotatable bonds is 3. The number of halogens is 2. The average molecular weight is 216 g/mol. The molecule has 1 fully saturated rings. The van der Waals surface area contributed by atoms with E-state index in [4.69, 9.17) is 16.3 Å². The lowest BCUT2D eigenvalue weighted by atomic mass is 10.1. The van der Waals surface area contributed by atoms with Gasteiger partial charge in [0, 0.05) is 25.1 Å². The van der Waals surface area contributed by atoms with E-state index in [2.05, 4.69) is 5.32 Å². The van der Waals surface area contributed by atoms with E-state index in [9.17, 15) is 4.39 Å². The normalized spacial score (nSPS) is 16.4. The Kier molecular flexibility index (Phi) is 2.89. The van der Waals surface area contributed by atoms with Crippen molar-refractivity contribution in [3.8, 4) is 5.75 Å². The molecule has 0 atom stereocenters. The Hall–Kier alpha value is -0.800. The third kappa shape index (κ3) is 2.16. The van der Waals surface area contributed by atoms with E-state index in [0.717, 1.165) is 13.1 Å². The van der Waals surface area contributed by atoms with Crippen molar-refractivity contribution in [2.24, 2.45) is 5.92 Å². The highest BCUT2D eigenvalue weighted by Gasteiger charge is 2.17. The molecule has 0 radical (unpaired) electrons. The van der Waals surface area contributed by atoms with E-state index < -0.39 is 5.82 Å². The van der Waals surface area contributed by atoms with Crippen LogP contribution in [-0.4, -0.2) is 19.7 Å². The molecule has 0 spiro atoms. The van der Waals surface area contributed by atoms with Gasteiger partial charge in [-0.25, -0.2) is 4.39 Å². The van der Waals surface area contributed by atoms with Crippen LogP contribution in [0.15, 0.2) is 18.2 Å². The van der Waals surface area contributed by atoms with Gasteiger partial charge in [-0.1, -0.05) is 11.6 Å². The number of nitrogens with one attached hydrogen (secondary N) is 1. The summed E-state index contributed by atoms with van der Waals surface area (Å²) in [6.45, 7) is 2.60. The quantitative estimate of drug-likeness (QED) is 0.834. The molecule has 4 heteroatoms. The van der Waals surface area contributed by atoms with Crippen molar-refractivity contribution in [2.75, 3.05) is 19.7 Å². The van der Waals surface area contributed by atoms with Crippen LogP contribution in [0.25, 0.3) is 0 Å². The first kappa shape index (κ1) is 9.74. The first-order valence-corrected chi connectivity index (χ1v) is 4.92. The van der Waals surface area contributed by atoms with Gasteiger partial charge in [-0.3, -0.25) is 0 Å². The highest BCUT2D eigenvalue weighted by atomic mass is 35.5. The smallest absolute Gasteiger partial charge is 0.145 e. The molecule has 1 heterocycles. The first-order valence-electron chi connectivity index (χ1n) is 4.54. The Bertz CT molecular complexity index is 328. The summed E-state index contributed by atoms with van der Waals surface area (Å²) >= 11 is 5.54. The summed E-state index contributed by atoms with van der Waals surface area (Å²) < 4.78 is 18.4. The fraction of sp³-hybridized carbons (Fsp3) is 0.400. The zero-order valence-corrected chi connectivity index (χ0v) is 8.35. The molecule has 1 aliphatic rings. The minimum Gasteiger partial charge on any atom is -0.493 e. The van der Waals surface area contributed by atoms with Crippen LogP contribution in [0.1, 0.15) is 0 Å². The molecule has 0 bridgehead atoms. The largest absolute Gasteiger partial charge is 0.493 e. The maximum atomic E-state index is 13.0. The van der Waals surface area contributed by atoms with Gasteiger partial charge in [0.05, 0.1) is 11.6 Å². The molecule has 1 aromatic carbocycles. The molecule has 1 N–H and O–H groups in total. The second-order valence-corrected chi connectivity index (χ2v) is 3.82. The molecule has 0 saturated carbocycles. The van der Waals surface area contributed by atoms with Crippen molar-refractivity contribution in [3.63, 3.8) is 0 Å². The molecule has 76 valence electrons. The first-order chi connectivity index (χ1) is 6.75. The SMILES string of the molecule is Fc1cc(OCC2CNC2)ccc1Cl. The van der Waals surface area contributed by atoms with Crippen molar-refractivity contribution >= 4 is 11.6 Å². The summed E-state index contributed by atoms with van der Waals surface area (Å²) in [6.07, 6.45) is 0. The molecule has 0 amide bonds. The number of hydrogen-bond donors (Lipinski definition) is 1. The van der Waals surface area contributed by atoms with E-state index in [1.54, 1.807) is 6.07 Å². The second kappa shape index (κ2) is 4.15. The summed E-state index contributed by atoms with van der Waals surface area (Å²) in [7, 11) is 0. The van der Waals surface area contributed by atoms with Gasteiger partial charge >= 0.3 is 0 Å². The molecule has 1 aliphatic heterocycles. The van der Waals surface area contributed by atoms with E-state index in [-0.39, 0.29) is 5.02 Å². The minimum atomic E-state index is -0.434. The fourth-order valence-corrected chi connectivity index (χ4v) is 1.36. The summed E-state index contributed by atoms with van der Waals surface area (Å²) in [5.41, 5.74) is 0. The van der Waals surface area contributed by atoms with Gasteiger partial charge in [0.2, 0.25) is 0 Å². The average Bonchev–Trinajstić information content (AvgIpc) is 2.08. The maximum absolute atomic E-state index is 13.0.